The molecule has 9 nitrogen and oxygen atoms in total. The molecule has 0 unspecified atom stereocenters. The van der Waals surface area contributed by atoms with E-state index in [1.807, 2.05) is 0 Å². The van der Waals surface area contributed by atoms with E-state index in [9.17, 15) is 19.3 Å². The molecule has 3 rings (SSSR count). The number of amides is 1. The van der Waals surface area contributed by atoms with Gasteiger partial charge in [-0.15, -0.1) is 0 Å². The van der Waals surface area contributed by atoms with Crippen molar-refractivity contribution in [2.45, 2.75) is 40.2 Å². The number of halogens is 1. The van der Waals surface area contributed by atoms with Crippen LogP contribution in [0.2, 0.25) is 0 Å². The van der Waals surface area contributed by atoms with Crippen LogP contribution in [0.1, 0.15) is 53.0 Å². The largest absolute Gasteiger partial charge is 0.353 e. The summed E-state index contributed by atoms with van der Waals surface area (Å²) in [4.78, 5) is 23.4. The van der Waals surface area contributed by atoms with Gasteiger partial charge in [0.15, 0.2) is 0 Å². The van der Waals surface area contributed by atoms with Gasteiger partial charge in [-0.05, 0) is 31.5 Å². The van der Waals surface area contributed by atoms with Crippen molar-refractivity contribution in [1.29, 1.82) is 0 Å². The molecule has 0 aliphatic heterocycles. The number of benzene rings is 1. The minimum absolute atomic E-state index is 0.0422. The third-order valence-corrected chi connectivity index (χ3v) is 4.48. The van der Waals surface area contributed by atoms with Crippen molar-refractivity contribution in [3.05, 3.63) is 68.6 Å². The molecular weight excluding hydrogens is 381 g/mol. The Morgan fingerprint density at radius 3 is 2.55 bits per heavy atom. The third-order valence-electron chi connectivity index (χ3n) is 4.48. The molecular formula is C19H20FN5O4. The lowest BCUT2D eigenvalue weighted by molar-refractivity contribution is -0.386. The lowest BCUT2D eigenvalue weighted by Crippen LogP contribution is -2.15. The number of carbonyl (C=O) groups is 1. The highest BCUT2D eigenvalue weighted by atomic mass is 19.1. The Hall–Kier alpha value is -3.56. The van der Waals surface area contributed by atoms with E-state index in [4.69, 9.17) is 4.52 Å². The molecule has 0 aliphatic carbocycles. The Bertz CT molecular complexity index is 1070. The van der Waals surface area contributed by atoms with Crippen molar-refractivity contribution >= 4 is 17.3 Å². The van der Waals surface area contributed by atoms with Crippen LogP contribution < -0.4 is 5.32 Å². The van der Waals surface area contributed by atoms with Gasteiger partial charge < -0.3 is 9.84 Å². The number of nitrogens with zero attached hydrogens (tertiary/aromatic N) is 4. The molecule has 1 N–H and O–H groups in total. The Morgan fingerprint density at radius 1 is 1.31 bits per heavy atom. The SMILES string of the molecule is Cc1nn(Cc2ccc(F)cc2)c(C)c1NC(=O)c1noc(C(C)C)c1[N+](=O)[O-]. The molecule has 0 fully saturated rings. The number of anilines is 1. The van der Waals surface area contributed by atoms with Gasteiger partial charge in [-0.3, -0.25) is 19.6 Å². The number of rotatable bonds is 6. The molecule has 0 saturated heterocycles. The number of hydrogen-bond donors (Lipinski definition) is 1. The van der Waals surface area contributed by atoms with Crippen LogP contribution in [0.5, 0.6) is 0 Å². The topological polar surface area (TPSA) is 116 Å². The maximum Gasteiger partial charge on any atom is 0.344 e. The van der Waals surface area contributed by atoms with E-state index in [2.05, 4.69) is 15.6 Å². The fourth-order valence-corrected chi connectivity index (χ4v) is 2.97. The third kappa shape index (κ3) is 4.00. The summed E-state index contributed by atoms with van der Waals surface area (Å²) < 4.78 is 19.8. The van der Waals surface area contributed by atoms with Gasteiger partial charge in [0.2, 0.25) is 11.5 Å². The molecule has 0 radical (unpaired) electrons. The molecule has 10 heteroatoms. The van der Waals surface area contributed by atoms with Gasteiger partial charge in [-0.25, -0.2) is 4.39 Å². The molecule has 2 aromatic heterocycles. The number of hydrogen-bond acceptors (Lipinski definition) is 6. The molecule has 0 aliphatic rings. The first kappa shape index (κ1) is 20.2. The van der Waals surface area contributed by atoms with Crippen LogP contribution in [-0.2, 0) is 6.54 Å². The maximum absolute atomic E-state index is 13.1. The van der Waals surface area contributed by atoms with E-state index >= 15 is 0 Å². The number of aromatic nitrogens is 3. The van der Waals surface area contributed by atoms with Crippen LogP contribution in [0, 0.1) is 29.8 Å². The monoisotopic (exact) mass is 401 g/mol. The number of aryl methyl sites for hydroxylation is 1. The predicted octanol–water partition coefficient (Wildman–Crippen LogP) is 3.96. The highest BCUT2D eigenvalue weighted by molar-refractivity contribution is 6.06. The predicted molar refractivity (Wildman–Crippen MR) is 102 cm³/mol. The van der Waals surface area contributed by atoms with E-state index in [1.54, 1.807) is 44.5 Å². The van der Waals surface area contributed by atoms with Crippen LogP contribution in [0.3, 0.4) is 0 Å². The van der Waals surface area contributed by atoms with Gasteiger partial charge in [0, 0.05) is 5.92 Å². The van der Waals surface area contributed by atoms with Crippen LogP contribution in [0.15, 0.2) is 28.8 Å². The fraction of sp³-hybridized carbons (Fsp3) is 0.316. The first-order chi connectivity index (χ1) is 13.7. The molecule has 1 aromatic carbocycles. The normalized spacial score (nSPS) is 11.1. The van der Waals surface area contributed by atoms with E-state index in [0.717, 1.165) is 5.56 Å². The standard InChI is InChI=1S/C19H20FN5O4/c1-10(2)18-17(25(27)28)16(23-29-18)19(26)21-15-11(3)22-24(12(15)4)9-13-5-7-14(20)8-6-13/h5-8,10H,9H2,1-4H3,(H,21,26). The van der Waals surface area contributed by atoms with Gasteiger partial charge in [0.1, 0.15) is 5.82 Å². The molecule has 0 saturated carbocycles. The minimum atomic E-state index is -0.750. The van der Waals surface area contributed by atoms with Crippen LogP contribution in [0.25, 0.3) is 0 Å². The lowest BCUT2D eigenvalue weighted by atomic mass is 10.1. The van der Waals surface area contributed by atoms with Crippen LogP contribution >= 0.6 is 0 Å². The average Bonchev–Trinajstić information content (AvgIpc) is 3.21. The second-order valence-corrected chi connectivity index (χ2v) is 6.94. The van der Waals surface area contributed by atoms with Crippen LogP contribution in [0.4, 0.5) is 15.8 Å². The van der Waals surface area contributed by atoms with Crippen molar-refractivity contribution in [2.75, 3.05) is 5.32 Å². The second-order valence-electron chi connectivity index (χ2n) is 6.94. The first-order valence-electron chi connectivity index (χ1n) is 8.92. The highest BCUT2D eigenvalue weighted by Gasteiger charge is 2.33. The van der Waals surface area contributed by atoms with Crippen molar-refractivity contribution < 1.29 is 18.6 Å². The van der Waals surface area contributed by atoms with E-state index in [-0.39, 0.29) is 23.2 Å². The van der Waals surface area contributed by atoms with Crippen molar-refractivity contribution in [1.82, 2.24) is 14.9 Å². The smallest absolute Gasteiger partial charge is 0.344 e. The quantitative estimate of drug-likeness (QED) is 0.494. The van der Waals surface area contributed by atoms with E-state index in [0.29, 0.717) is 23.6 Å². The maximum atomic E-state index is 13.1. The summed E-state index contributed by atoms with van der Waals surface area (Å²) in [5, 5.41) is 22.1. The number of carbonyl (C=O) groups excluding carboxylic acids is 1. The summed E-state index contributed by atoms with van der Waals surface area (Å²) in [5.41, 5.74) is 1.63. The zero-order chi connectivity index (χ0) is 21.3. The van der Waals surface area contributed by atoms with Crippen LogP contribution in [-0.4, -0.2) is 25.8 Å². The zero-order valence-electron chi connectivity index (χ0n) is 16.4. The Kier molecular flexibility index (Phi) is 5.44. The molecule has 0 bridgehead atoms. The molecule has 0 atom stereocenters. The highest BCUT2D eigenvalue weighted by Crippen LogP contribution is 2.31. The van der Waals surface area contributed by atoms with Gasteiger partial charge in [-0.1, -0.05) is 31.1 Å². The van der Waals surface area contributed by atoms with Crippen molar-refractivity contribution in [3.8, 4) is 0 Å². The molecule has 0 spiro atoms. The van der Waals surface area contributed by atoms with Gasteiger partial charge in [0.05, 0.1) is 28.5 Å². The van der Waals surface area contributed by atoms with Gasteiger partial charge in [0.25, 0.3) is 5.91 Å². The Morgan fingerprint density at radius 2 is 1.97 bits per heavy atom. The molecule has 1 amide bonds. The summed E-state index contributed by atoms with van der Waals surface area (Å²) in [5.74, 6) is -1.34. The van der Waals surface area contributed by atoms with Gasteiger partial charge >= 0.3 is 5.69 Å². The second kappa shape index (κ2) is 7.82. The summed E-state index contributed by atoms with van der Waals surface area (Å²) in [7, 11) is 0. The fourth-order valence-electron chi connectivity index (χ4n) is 2.97. The Balaban J connectivity index is 1.87. The minimum Gasteiger partial charge on any atom is -0.353 e. The summed E-state index contributed by atoms with van der Waals surface area (Å²) in [6, 6.07) is 6.02. The first-order valence-corrected chi connectivity index (χ1v) is 8.92. The van der Waals surface area contributed by atoms with E-state index < -0.39 is 16.5 Å². The average molecular weight is 401 g/mol. The Labute approximate surface area is 165 Å². The molecule has 152 valence electrons. The van der Waals surface area contributed by atoms with E-state index in [1.165, 1.54) is 12.1 Å². The summed E-state index contributed by atoms with van der Waals surface area (Å²) in [6.07, 6.45) is 0. The van der Waals surface area contributed by atoms with Crippen molar-refractivity contribution in [2.24, 2.45) is 0 Å². The number of nitrogens with one attached hydrogen (secondary N) is 1. The van der Waals surface area contributed by atoms with Crippen molar-refractivity contribution in [3.63, 3.8) is 0 Å². The summed E-state index contributed by atoms with van der Waals surface area (Å²) in [6.45, 7) is 7.27. The molecule has 2 heterocycles. The number of nitro groups is 1. The summed E-state index contributed by atoms with van der Waals surface area (Å²) >= 11 is 0. The molecule has 29 heavy (non-hydrogen) atoms. The lowest BCUT2D eigenvalue weighted by Gasteiger charge is -2.06. The molecule has 3 aromatic rings. The van der Waals surface area contributed by atoms with Gasteiger partial charge in [-0.2, -0.15) is 5.10 Å². The zero-order valence-corrected chi connectivity index (χ0v) is 16.4.